The van der Waals surface area contributed by atoms with Crippen molar-refractivity contribution in [1.82, 2.24) is 19.8 Å². The Balaban J connectivity index is 1.55. The number of thiazole rings is 1. The van der Waals surface area contributed by atoms with Gasteiger partial charge in [0.25, 0.3) is 11.5 Å². The lowest BCUT2D eigenvalue weighted by atomic mass is 9.84. The molecule has 0 spiro atoms. The van der Waals surface area contributed by atoms with E-state index in [9.17, 15) is 9.59 Å². The molecule has 2 aromatic rings. The first-order valence-corrected chi connectivity index (χ1v) is 9.17. The number of hydrogen-bond donors (Lipinski definition) is 1. The molecule has 1 unspecified atom stereocenters. The van der Waals surface area contributed by atoms with Crippen LogP contribution in [0.5, 0.6) is 0 Å². The van der Waals surface area contributed by atoms with E-state index in [0.717, 1.165) is 32.5 Å². The first kappa shape index (κ1) is 15.8. The Kier molecular flexibility index (Phi) is 4.15. The van der Waals surface area contributed by atoms with Gasteiger partial charge in [-0.3, -0.25) is 14.2 Å². The average Bonchev–Trinajstić information content (AvgIpc) is 3.02. The number of rotatable bonds is 3. The Labute approximate surface area is 148 Å². The number of halogens is 1. The van der Waals surface area contributed by atoms with Crippen molar-refractivity contribution in [2.75, 3.05) is 19.6 Å². The van der Waals surface area contributed by atoms with Gasteiger partial charge in [0, 0.05) is 24.8 Å². The number of fused-ring (bicyclic) bond motifs is 3. The molecule has 3 aliphatic heterocycles. The van der Waals surface area contributed by atoms with Gasteiger partial charge in [-0.15, -0.1) is 0 Å². The van der Waals surface area contributed by atoms with E-state index in [1.807, 2.05) is 0 Å². The van der Waals surface area contributed by atoms with E-state index in [2.05, 4.69) is 15.2 Å². The van der Waals surface area contributed by atoms with E-state index in [1.165, 1.54) is 34.4 Å². The third-order valence-corrected chi connectivity index (χ3v) is 5.93. The summed E-state index contributed by atoms with van der Waals surface area (Å²) in [5, 5.41) is 3.59. The number of nitrogens with one attached hydrogen (secondary N) is 1. The summed E-state index contributed by atoms with van der Waals surface area (Å²) in [4.78, 5) is 31.1. The van der Waals surface area contributed by atoms with Gasteiger partial charge in [0.2, 0.25) is 0 Å². The molecule has 0 saturated carbocycles. The SMILES string of the molecule is O=C(NC1CN2CCC1CC2)c1ccc(=O)n(-c2ncc(Cl)s2)c1. The summed E-state index contributed by atoms with van der Waals surface area (Å²) >= 11 is 7.09. The largest absolute Gasteiger partial charge is 0.348 e. The highest BCUT2D eigenvalue weighted by Crippen LogP contribution is 2.27. The zero-order chi connectivity index (χ0) is 16.7. The number of pyridine rings is 1. The van der Waals surface area contributed by atoms with Crippen LogP contribution in [-0.4, -0.2) is 46.0 Å². The van der Waals surface area contributed by atoms with Gasteiger partial charge < -0.3 is 10.2 Å². The molecule has 5 heterocycles. The van der Waals surface area contributed by atoms with Crippen LogP contribution < -0.4 is 10.9 Å². The quantitative estimate of drug-likeness (QED) is 0.901. The van der Waals surface area contributed by atoms with Crippen molar-refractivity contribution < 1.29 is 4.79 Å². The molecule has 3 saturated heterocycles. The topological polar surface area (TPSA) is 67.2 Å². The molecule has 24 heavy (non-hydrogen) atoms. The highest BCUT2D eigenvalue weighted by atomic mass is 35.5. The Morgan fingerprint density at radius 2 is 2.12 bits per heavy atom. The maximum absolute atomic E-state index is 12.6. The molecule has 1 N–H and O–H groups in total. The number of aromatic nitrogens is 2. The number of carbonyl (C=O) groups is 1. The van der Waals surface area contributed by atoms with E-state index in [1.54, 1.807) is 6.07 Å². The van der Waals surface area contributed by atoms with E-state index < -0.39 is 0 Å². The van der Waals surface area contributed by atoms with E-state index in [0.29, 0.717) is 20.9 Å². The summed E-state index contributed by atoms with van der Waals surface area (Å²) in [6.45, 7) is 3.18. The molecule has 0 aromatic carbocycles. The number of carbonyl (C=O) groups excluding carboxylic acids is 1. The number of hydrogen-bond acceptors (Lipinski definition) is 5. The summed E-state index contributed by atoms with van der Waals surface area (Å²) in [6, 6.07) is 3.14. The third-order valence-electron chi connectivity index (χ3n) is 4.82. The highest BCUT2D eigenvalue weighted by molar-refractivity contribution is 7.18. The smallest absolute Gasteiger partial charge is 0.256 e. The lowest BCUT2D eigenvalue weighted by Gasteiger charge is -2.44. The van der Waals surface area contributed by atoms with E-state index in [4.69, 9.17) is 11.6 Å². The second-order valence-electron chi connectivity index (χ2n) is 6.29. The molecule has 1 atom stereocenters. The van der Waals surface area contributed by atoms with Gasteiger partial charge in [-0.25, -0.2) is 4.98 Å². The van der Waals surface area contributed by atoms with Crippen LogP contribution >= 0.6 is 22.9 Å². The van der Waals surface area contributed by atoms with Gasteiger partial charge in [0.05, 0.1) is 11.8 Å². The molecule has 3 fully saturated rings. The molecule has 2 aromatic heterocycles. The van der Waals surface area contributed by atoms with E-state index in [-0.39, 0.29) is 17.5 Å². The molecule has 0 radical (unpaired) electrons. The summed E-state index contributed by atoms with van der Waals surface area (Å²) in [5.74, 6) is 0.410. The lowest BCUT2D eigenvalue weighted by molar-refractivity contribution is 0.0620. The first-order chi connectivity index (χ1) is 11.6. The number of amides is 1. The molecule has 2 bridgehead atoms. The average molecular weight is 365 g/mol. The van der Waals surface area contributed by atoms with Crippen molar-refractivity contribution in [3.8, 4) is 5.13 Å². The fourth-order valence-corrected chi connectivity index (χ4v) is 4.39. The molecule has 0 aliphatic carbocycles. The minimum absolute atomic E-state index is 0.148. The predicted molar refractivity (Wildman–Crippen MR) is 93.1 cm³/mol. The van der Waals surface area contributed by atoms with Gasteiger partial charge in [0.1, 0.15) is 4.34 Å². The third kappa shape index (κ3) is 2.99. The van der Waals surface area contributed by atoms with Crippen molar-refractivity contribution in [1.29, 1.82) is 0 Å². The van der Waals surface area contributed by atoms with Gasteiger partial charge in [-0.05, 0) is 37.9 Å². The van der Waals surface area contributed by atoms with Crippen molar-refractivity contribution in [3.63, 3.8) is 0 Å². The lowest BCUT2D eigenvalue weighted by Crippen LogP contribution is -2.57. The van der Waals surface area contributed by atoms with Crippen molar-refractivity contribution in [2.45, 2.75) is 18.9 Å². The van der Waals surface area contributed by atoms with Gasteiger partial charge in [0.15, 0.2) is 5.13 Å². The molecule has 5 rings (SSSR count). The highest BCUT2D eigenvalue weighted by Gasteiger charge is 2.35. The molecule has 126 valence electrons. The monoisotopic (exact) mass is 364 g/mol. The van der Waals surface area contributed by atoms with Gasteiger partial charge in [-0.2, -0.15) is 0 Å². The molecule has 3 aliphatic rings. The maximum Gasteiger partial charge on any atom is 0.256 e. The van der Waals surface area contributed by atoms with E-state index >= 15 is 0 Å². The van der Waals surface area contributed by atoms with Crippen molar-refractivity contribution in [3.05, 3.63) is 44.8 Å². The zero-order valence-electron chi connectivity index (χ0n) is 12.9. The van der Waals surface area contributed by atoms with Crippen LogP contribution in [0.4, 0.5) is 0 Å². The molecule has 1 amide bonds. The Morgan fingerprint density at radius 1 is 1.33 bits per heavy atom. The Morgan fingerprint density at radius 3 is 2.75 bits per heavy atom. The number of nitrogens with zero attached hydrogens (tertiary/aromatic N) is 3. The van der Waals surface area contributed by atoms with Crippen molar-refractivity contribution >= 4 is 28.8 Å². The maximum atomic E-state index is 12.6. The predicted octanol–water partition coefficient (Wildman–Crippen LogP) is 1.77. The molecular formula is C16H17ClN4O2S. The Bertz CT molecular complexity index is 825. The number of piperidine rings is 3. The fourth-order valence-electron chi connectivity index (χ4n) is 3.51. The van der Waals surface area contributed by atoms with Crippen LogP contribution in [0.25, 0.3) is 5.13 Å². The molecule has 8 heteroatoms. The Hall–Kier alpha value is -1.70. The first-order valence-electron chi connectivity index (χ1n) is 7.98. The molecule has 6 nitrogen and oxygen atoms in total. The zero-order valence-corrected chi connectivity index (χ0v) is 14.5. The molecular weight excluding hydrogens is 348 g/mol. The normalized spacial score (nSPS) is 25.6. The summed E-state index contributed by atoms with van der Waals surface area (Å²) < 4.78 is 1.86. The second kappa shape index (κ2) is 6.31. The van der Waals surface area contributed by atoms with Crippen LogP contribution in [0.15, 0.2) is 29.3 Å². The minimum atomic E-state index is -0.236. The fraction of sp³-hybridized carbons (Fsp3) is 0.438. The summed E-state index contributed by atoms with van der Waals surface area (Å²) in [5.41, 5.74) is 0.220. The summed E-state index contributed by atoms with van der Waals surface area (Å²) in [6.07, 6.45) is 5.31. The van der Waals surface area contributed by atoms with Crippen LogP contribution in [-0.2, 0) is 0 Å². The minimum Gasteiger partial charge on any atom is -0.348 e. The standard InChI is InChI=1S/C16H17ClN4O2S/c17-13-7-18-16(24-13)21-8-11(1-2-14(21)22)15(23)19-12-9-20-5-3-10(12)4-6-20/h1-2,7-8,10,12H,3-6,9H2,(H,19,23). The van der Waals surface area contributed by atoms with Crippen LogP contribution in [0.1, 0.15) is 23.2 Å². The van der Waals surface area contributed by atoms with Gasteiger partial charge >= 0.3 is 0 Å². The summed E-state index contributed by atoms with van der Waals surface area (Å²) in [7, 11) is 0. The second-order valence-corrected chi connectivity index (χ2v) is 7.93. The van der Waals surface area contributed by atoms with Crippen molar-refractivity contribution in [2.24, 2.45) is 5.92 Å². The van der Waals surface area contributed by atoms with Gasteiger partial charge in [-0.1, -0.05) is 22.9 Å². The van der Waals surface area contributed by atoms with Crippen LogP contribution in [0, 0.1) is 5.92 Å². The van der Waals surface area contributed by atoms with Crippen LogP contribution in [0.3, 0.4) is 0 Å². The van der Waals surface area contributed by atoms with Crippen LogP contribution in [0.2, 0.25) is 4.34 Å².